The maximum absolute atomic E-state index is 11.8. The molecular formula is C27H30ClN5O4S. The summed E-state index contributed by atoms with van der Waals surface area (Å²) in [6.45, 7) is 2.76. The van der Waals surface area contributed by atoms with Gasteiger partial charge in [0.25, 0.3) is 0 Å². The first kappa shape index (κ1) is 26.3. The van der Waals surface area contributed by atoms with Crippen LogP contribution in [0.3, 0.4) is 0 Å². The van der Waals surface area contributed by atoms with Gasteiger partial charge in [-0.1, -0.05) is 23.7 Å². The Balaban J connectivity index is 1.43. The topological polar surface area (TPSA) is 89.3 Å². The molecule has 38 heavy (non-hydrogen) atoms. The number of carbonyl (C=O) groups is 1. The highest BCUT2D eigenvalue weighted by Gasteiger charge is 2.33. The molecule has 0 saturated heterocycles. The summed E-state index contributed by atoms with van der Waals surface area (Å²) in [5.74, 6) is 1.61. The van der Waals surface area contributed by atoms with Crippen LogP contribution in [0.1, 0.15) is 47.1 Å². The summed E-state index contributed by atoms with van der Waals surface area (Å²) in [4.78, 5) is 11.8. The summed E-state index contributed by atoms with van der Waals surface area (Å²) in [6.07, 6.45) is 2.97. The number of esters is 1. The molecule has 200 valence electrons. The smallest absolute Gasteiger partial charge is 0.313 e. The summed E-state index contributed by atoms with van der Waals surface area (Å²) in [5, 5.41) is 6.76. The Morgan fingerprint density at radius 1 is 1.13 bits per heavy atom. The second-order valence-corrected chi connectivity index (χ2v) is 10.5. The second-order valence-electron chi connectivity index (χ2n) is 8.79. The number of halogens is 1. The number of carbonyl (C=O) groups excluding carboxylic acids is 1. The van der Waals surface area contributed by atoms with E-state index < -0.39 is 0 Å². The maximum Gasteiger partial charge on any atom is 0.313 e. The van der Waals surface area contributed by atoms with Gasteiger partial charge in [-0.05, 0) is 55.3 Å². The molecule has 3 aromatic rings. The van der Waals surface area contributed by atoms with Crippen LogP contribution >= 0.6 is 23.4 Å². The number of aromatic nitrogens is 1. The van der Waals surface area contributed by atoms with Gasteiger partial charge >= 0.3 is 5.97 Å². The first-order valence-corrected chi connectivity index (χ1v) is 13.7. The van der Waals surface area contributed by atoms with E-state index in [1.54, 1.807) is 26.3 Å². The third kappa shape index (κ3) is 5.29. The molecule has 2 atom stereocenters. The molecule has 11 heteroatoms. The average molecular weight is 556 g/mol. The lowest BCUT2D eigenvalue weighted by Crippen LogP contribution is -2.42. The Kier molecular flexibility index (Phi) is 8.01. The Hall–Kier alpha value is -3.34. The number of ether oxygens (including phenoxy) is 3. The molecule has 0 radical (unpaired) electrons. The van der Waals surface area contributed by atoms with Crippen LogP contribution < -0.4 is 20.4 Å². The molecule has 0 fully saturated rings. The van der Waals surface area contributed by atoms with Crippen molar-refractivity contribution in [2.24, 2.45) is 5.10 Å². The van der Waals surface area contributed by atoms with E-state index in [-0.39, 0.29) is 22.9 Å². The SMILES string of the molecule is CCOC(=O)CC1=NNN(CC[C@H]2S[C@H](c3cccc(OC)c3OC)c3cc(Cl)ccc3-n3cccc32)N1. The first-order chi connectivity index (χ1) is 18.5. The van der Waals surface area contributed by atoms with Gasteiger partial charge in [0.15, 0.2) is 17.3 Å². The summed E-state index contributed by atoms with van der Waals surface area (Å²) in [5.41, 5.74) is 10.5. The molecule has 2 aromatic carbocycles. The van der Waals surface area contributed by atoms with Crippen molar-refractivity contribution in [3.8, 4) is 17.2 Å². The fraction of sp³-hybridized carbons (Fsp3) is 0.333. The van der Waals surface area contributed by atoms with Gasteiger partial charge in [0.2, 0.25) is 0 Å². The fourth-order valence-corrected chi connectivity index (χ4v) is 6.57. The fourth-order valence-electron chi connectivity index (χ4n) is 4.82. The summed E-state index contributed by atoms with van der Waals surface area (Å²) >= 11 is 8.37. The molecule has 2 aliphatic rings. The van der Waals surface area contributed by atoms with Crippen molar-refractivity contribution >= 4 is 35.2 Å². The highest BCUT2D eigenvalue weighted by molar-refractivity contribution is 8.00. The Labute approximate surface area is 231 Å². The van der Waals surface area contributed by atoms with E-state index >= 15 is 0 Å². The molecule has 0 aliphatic carbocycles. The third-order valence-corrected chi connectivity index (χ3v) is 8.28. The number of para-hydroxylation sites is 1. The van der Waals surface area contributed by atoms with Crippen molar-refractivity contribution in [2.75, 3.05) is 27.4 Å². The lowest BCUT2D eigenvalue weighted by Gasteiger charge is -2.25. The van der Waals surface area contributed by atoms with Gasteiger partial charge in [0.05, 0.1) is 31.8 Å². The molecule has 0 spiro atoms. The van der Waals surface area contributed by atoms with Crippen molar-refractivity contribution < 1.29 is 19.0 Å². The van der Waals surface area contributed by atoms with Crippen LogP contribution in [0.4, 0.5) is 0 Å². The molecule has 9 nitrogen and oxygen atoms in total. The molecule has 3 heterocycles. The third-order valence-electron chi connectivity index (χ3n) is 6.46. The molecule has 0 saturated carbocycles. The van der Waals surface area contributed by atoms with Gasteiger partial charge in [-0.2, -0.15) is 0 Å². The molecular weight excluding hydrogens is 526 g/mol. The zero-order chi connectivity index (χ0) is 26.6. The van der Waals surface area contributed by atoms with Crippen LogP contribution in [0, 0.1) is 0 Å². The number of hydrazone groups is 1. The van der Waals surface area contributed by atoms with Gasteiger partial charge in [-0.25, -0.2) is 5.53 Å². The minimum Gasteiger partial charge on any atom is -0.493 e. The van der Waals surface area contributed by atoms with Crippen molar-refractivity contribution in [2.45, 2.75) is 30.3 Å². The average Bonchev–Trinajstić information content (AvgIpc) is 3.56. The number of thioether (sulfide) groups is 1. The minimum absolute atomic E-state index is 0.0613. The van der Waals surface area contributed by atoms with E-state index in [0.717, 1.165) is 23.2 Å². The number of hydrogen-bond donors (Lipinski definition) is 2. The van der Waals surface area contributed by atoms with Crippen LogP contribution in [-0.2, 0) is 9.53 Å². The number of nitrogens with one attached hydrogen (secondary N) is 2. The highest BCUT2D eigenvalue weighted by Crippen LogP contribution is 2.54. The number of fused-ring (bicyclic) bond motifs is 3. The van der Waals surface area contributed by atoms with E-state index in [0.29, 0.717) is 35.5 Å². The molecule has 0 bridgehead atoms. The maximum atomic E-state index is 11.8. The van der Waals surface area contributed by atoms with Crippen LogP contribution in [0.25, 0.3) is 5.69 Å². The molecule has 0 unspecified atom stereocenters. The first-order valence-electron chi connectivity index (χ1n) is 12.4. The van der Waals surface area contributed by atoms with Gasteiger partial charge in [-0.15, -0.1) is 22.0 Å². The number of hydrogen-bond acceptors (Lipinski definition) is 9. The normalized spacial score (nSPS) is 18.4. The number of amidine groups is 1. The second kappa shape index (κ2) is 11.6. The zero-order valence-electron chi connectivity index (χ0n) is 21.4. The van der Waals surface area contributed by atoms with Crippen LogP contribution in [0.15, 0.2) is 59.8 Å². The van der Waals surface area contributed by atoms with Crippen molar-refractivity contribution in [3.63, 3.8) is 0 Å². The van der Waals surface area contributed by atoms with Crippen molar-refractivity contribution in [1.82, 2.24) is 20.6 Å². The highest BCUT2D eigenvalue weighted by atomic mass is 35.5. The van der Waals surface area contributed by atoms with Gasteiger partial charge in [-0.3, -0.25) is 10.2 Å². The number of nitrogens with zero attached hydrogens (tertiary/aromatic N) is 3. The quantitative estimate of drug-likeness (QED) is 0.356. The number of methoxy groups -OCH3 is 2. The van der Waals surface area contributed by atoms with E-state index in [4.69, 9.17) is 25.8 Å². The van der Waals surface area contributed by atoms with Gasteiger partial charge in [0, 0.05) is 34.3 Å². The molecule has 1 aromatic heterocycles. The summed E-state index contributed by atoms with van der Waals surface area (Å²) in [6, 6.07) is 16.2. The Morgan fingerprint density at radius 2 is 2.00 bits per heavy atom. The van der Waals surface area contributed by atoms with E-state index in [9.17, 15) is 4.79 Å². The van der Waals surface area contributed by atoms with Crippen LogP contribution in [-0.4, -0.2) is 48.9 Å². The molecule has 2 N–H and O–H groups in total. The molecule has 0 amide bonds. The Morgan fingerprint density at radius 3 is 2.79 bits per heavy atom. The van der Waals surface area contributed by atoms with Gasteiger partial charge < -0.3 is 18.8 Å². The molecule has 5 rings (SSSR count). The number of rotatable bonds is 9. The molecule has 2 aliphatic heterocycles. The van der Waals surface area contributed by atoms with Gasteiger partial charge in [0.1, 0.15) is 6.42 Å². The lowest BCUT2D eigenvalue weighted by molar-refractivity contribution is -0.141. The van der Waals surface area contributed by atoms with Crippen LogP contribution in [0.5, 0.6) is 11.5 Å². The summed E-state index contributed by atoms with van der Waals surface area (Å²) < 4.78 is 18.7. The zero-order valence-corrected chi connectivity index (χ0v) is 23.0. The number of benzene rings is 2. The largest absolute Gasteiger partial charge is 0.493 e. The minimum atomic E-state index is -0.314. The van der Waals surface area contributed by atoms with Crippen molar-refractivity contribution in [1.29, 1.82) is 0 Å². The lowest BCUT2D eigenvalue weighted by atomic mass is 10.0. The van der Waals surface area contributed by atoms with E-state index in [1.807, 2.05) is 36.0 Å². The predicted octanol–water partition coefficient (Wildman–Crippen LogP) is 5.01. The summed E-state index contributed by atoms with van der Waals surface area (Å²) in [7, 11) is 3.32. The number of hydrazine groups is 2. The van der Waals surface area contributed by atoms with E-state index in [1.165, 1.54) is 5.69 Å². The standard InChI is InChI=1S/C27H30ClN5O4S/c1-4-37-25(34)16-24-29-31-33(30-24)14-12-23-21-8-6-13-32(21)20-11-10-17(28)15-19(20)27(38-23)18-7-5-9-22(35-2)26(18)36-3/h5-11,13,15,23,27,31H,4,12,14,16H2,1-3H3,(H,29,30)/t23-,27-/m1/s1. The monoisotopic (exact) mass is 555 g/mol. The Bertz CT molecular complexity index is 1350. The van der Waals surface area contributed by atoms with E-state index in [2.05, 4.69) is 51.1 Å². The van der Waals surface area contributed by atoms with Crippen molar-refractivity contribution in [3.05, 3.63) is 76.6 Å². The predicted molar refractivity (Wildman–Crippen MR) is 149 cm³/mol. The van der Waals surface area contributed by atoms with Crippen LogP contribution in [0.2, 0.25) is 5.02 Å².